The van der Waals surface area contributed by atoms with E-state index in [1.807, 2.05) is 30.3 Å². The number of hydrogen-bond donors (Lipinski definition) is 2. The van der Waals surface area contributed by atoms with Crippen LogP contribution in [0, 0.1) is 5.82 Å². The van der Waals surface area contributed by atoms with E-state index in [0.29, 0.717) is 26.2 Å². The lowest BCUT2D eigenvalue weighted by molar-refractivity contribution is -0.138. The quantitative estimate of drug-likeness (QED) is 0.759. The summed E-state index contributed by atoms with van der Waals surface area (Å²) < 4.78 is 13.1. The first-order valence-corrected chi connectivity index (χ1v) is 10.3. The van der Waals surface area contributed by atoms with Crippen LogP contribution < -0.4 is 10.2 Å². The van der Waals surface area contributed by atoms with Gasteiger partial charge in [0.1, 0.15) is 11.9 Å². The Balaban J connectivity index is 1.35. The van der Waals surface area contributed by atoms with Crippen molar-refractivity contribution in [1.82, 2.24) is 10.2 Å². The van der Waals surface area contributed by atoms with Crippen LogP contribution in [-0.4, -0.2) is 60.6 Å². The van der Waals surface area contributed by atoms with E-state index in [0.717, 1.165) is 24.1 Å². The number of rotatable bonds is 6. The molecule has 1 saturated carbocycles. The second kappa shape index (κ2) is 8.44. The summed E-state index contributed by atoms with van der Waals surface area (Å²) in [5, 5.41) is 12.6. The van der Waals surface area contributed by atoms with Gasteiger partial charge in [-0.25, -0.2) is 4.39 Å². The Morgan fingerprint density at radius 1 is 1.00 bits per heavy atom. The van der Waals surface area contributed by atoms with Crippen LogP contribution in [0.3, 0.4) is 0 Å². The molecule has 1 aliphatic heterocycles. The Kier molecular flexibility index (Phi) is 5.72. The zero-order valence-corrected chi connectivity index (χ0v) is 16.8. The highest BCUT2D eigenvalue weighted by Gasteiger charge is 2.52. The Bertz CT molecular complexity index is 892. The molecule has 7 heteroatoms. The third-order valence-electron chi connectivity index (χ3n) is 6.08. The highest BCUT2D eigenvalue weighted by atomic mass is 19.1. The Hall–Kier alpha value is -2.93. The SMILES string of the molecule is O=C([C@H](CO)NC(=O)C1(c2ccccc2)CC1)N1CCN(c2ccc(F)cc2)CC1. The maximum absolute atomic E-state index is 13.1. The van der Waals surface area contributed by atoms with E-state index in [1.54, 1.807) is 17.0 Å². The van der Waals surface area contributed by atoms with Gasteiger partial charge in [-0.15, -0.1) is 0 Å². The molecular formula is C23H26FN3O3. The molecule has 2 amide bonds. The summed E-state index contributed by atoms with van der Waals surface area (Å²) in [5.41, 5.74) is 1.27. The number of nitrogens with zero attached hydrogens (tertiary/aromatic N) is 2. The van der Waals surface area contributed by atoms with Crippen molar-refractivity contribution < 1.29 is 19.1 Å². The van der Waals surface area contributed by atoms with Crippen LogP contribution in [0.4, 0.5) is 10.1 Å². The average Bonchev–Trinajstić information content (AvgIpc) is 3.60. The summed E-state index contributed by atoms with van der Waals surface area (Å²) in [5.74, 6) is -0.752. The van der Waals surface area contributed by atoms with Gasteiger partial charge < -0.3 is 20.2 Å². The van der Waals surface area contributed by atoms with Gasteiger partial charge in [-0.1, -0.05) is 30.3 Å². The topological polar surface area (TPSA) is 72.9 Å². The number of aliphatic hydroxyl groups is 1. The van der Waals surface area contributed by atoms with Gasteiger partial charge in [-0.3, -0.25) is 9.59 Å². The molecule has 0 unspecified atom stereocenters. The van der Waals surface area contributed by atoms with Crippen LogP contribution >= 0.6 is 0 Å². The van der Waals surface area contributed by atoms with Gasteiger partial charge >= 0.3 is 0 Å². The number of halogens is 1. The van der Waals surface area contributed by atoms with Gasteiger partial charge in [0.05, 0.1) is 12.0 Å². The third-order valence-corrected chi connectivity index (χ3v) is 6.08. The molecule has 1 heterocycles. The number of nitrogens with one attached hydrogen (secondary N) is 1. The minimum Gasteiger partial charge on any atom is -0.394 e. The Morgan fingerprint density at radius 3 is 2.20 bits per heavy atom. The first-order chi connectivity index (χ1) is 14.5. The third kappa shape index (κ3) is 4.03. The smallest absolute Gasteiger partial charge is 0.247 e. The molecule has 0 radical (unpaired) electrons. The number of carbonyl (C=O) groups is 2. The molecule has 2 fully saturated rings. The van der Waals surface area contributed by atoms with Crippen LogP contribution in [0.15, 0.2) is 54.6 Å². The van der Waals surface area contributed by atoms with E-state index in [-0.39, 0.29) is 17.6 Å². The van der Waals surface area contributed by atoms with Crippen LogP contribution in [0.1, 0.15) is 18.4 Å². The number of anilines is 1. The van der Waals surface area contributed by atoms with E-state index in [2.05, 4.69) is 10.2 Å². The maximum Gasteiger partial charge on any atom is 0.247 e. The molecular weight excluding hydrogens is 385 g/mol. The summed E-state index contributed by atoms with van der Waals surface area (Å²) >= 11 is 0. The second-order valence-electron chi connectivity index (χ2n) is 7.95. The summed E-state index contributed by atoms with van der Waals surface area (Å²) in [6.45, 7) is 1.74. The number of carbonyl (C=O) groups excluding carboxylic acids is 2. The van der Waals surface area contributed by atoms with Crippen LogP contribution in [0.25, 0.3) is 0 Å². The Labute approximate surface area is 175 Å². The zero-order chi connectivity index (χ0) is 21.1. The number of amides is 2. The monoisotopic (exact) mass is 411 g/mol. The first-order valence-electron chi connectivity index (χ1n) is 10.3. The molecule has 1 aliphatic carbocycles. The van der Waals surface area contributed by atoms with Gasteiger partial charge in [-0.2, -0.15) is 0 Å². The summed E-state index contributed by atoms with van der Waals surface area (Å²) in [7, 11) is 0. The molecule has 0 spiro atoms. The number of hydrogen-bond acceptors (Lipinski definition) is 4. The van der Waals surface area contributed by atoms with Gasteiger partial charge in [0.2, 0.25) is 11.8 Å². The van der Waals surface area contributed by atoms with Crippen LogP contribution in [0.2, 0.25) is 0 Å². The normalized spacial score (nSPS) is 18.6. The standard InChI is InChI=1S/C23H26FN3O3/c24-18-6-8-19(9-7-18)26-12-14-27(15-13-26)21(29)20(16-28)25-22(30)23(10-11-23)17-4-2-1-3-5-17/h1-9,20,28H,10-16H2,(H,25,30)/t20-/m0/s1. The van der Waals surface area contributed by atoms with E-state index < -0.39 is 18.1 Å². The molecule has 158 valence electrons. The van der Waals surface area contributed by atoms with Gasteiger partial charge in [0, 0.05) is 31.9 Å². The molecule has 2 aromatic rings. The van der Waals surface area contributed by atoms with Crippen molar-refractivity contribution in [3.05, 3.63) is 66.0 Å². The van der Waals surface area contributed by atoms with Crippen LogP contribution in [-0.2, 0) is 15.0 Å². The van der Waals surface area contributed by atoms with Crippen molar-refractivity contribution in [1.29, 1.82) is 0 Å². The van der Waals surface area contributed by atoms with Gasteiger partial charge in [0.15, 0.2) is 0 Å². The number of benzene rings is 2. The summed E-state index contributed by atoms with van der Waals surface area (Å²) in [6, 6.07) is 14.9. The molecule has 30 heavy (non-hydrogen) atoms. The fourth-order valence-electron chi connectivity index (χ4n) is 4.07. The van der Waals surface area contributed by atoms with Crippen molar-refractivity contribution in [2.75, 3.05) is 37.7 Å². The van der Waals surface area contributed by atoms with Gasteiger partial charge in [0.25, 0.3) is 0 Å². The minimum atomic E-state index is -0.948. The molecule has 0 bridgehead atoms. The van der Waals surface area contributed by atoms with E-state index in [9.17, 15) is 19.1 Å². The highest BCUT2D eigenvalue weighted by Crippen LogP contribution is 2.48. The van der Waals surface area contributed by atoms with E-state index >= 15 is 0 Å². The van der Waals surface area contributed by atoms with Crippen molar-refractivity contribution in [2.24, 2.45) is 0 Å². The molecule has 1 saturated heterocycles. The van der Waals surface area contributed by atoms with Crippen molar-refractivity contribution in [3.8, 4) is 0 Å². The van der Waals surface area contributed by atoms with Crippen LogP contribution in [0.5, 0.6) is 0 Å². The lowest BCUT2D eigenvalue weighted by atomic mass is 9.94. The molecule has 1 atom stereocenters. The minimum absolute atomic E-state index is 0.203. The summed E-state index contributed by atoms with van der Waals surface area (Å²) in [4.78, 5) is 29.6. The lowest BCUT2D eigenvalue weighted by Crippen LogP contribution is -2.57. The largest absolute Gasteiger partial charge is 0.394 e. The Morgan fingerprint density at radius 2 is 1.63 bits per heavy atom. The molecule has 6 nitrogen and oxygen atoms in total. The fourth-order valence-corrected chi connectivity index (χ4v) is 4.07. The number of aliphatic hydroxyl groups excluding tert-OH is 1. The summed E-state index contributed by atoms with van der Waals surface area (Å²) in [6.07, 6.45) is 1.48. The number of piperazine rings is 1. The molecule has 4 rings (SSSR count). The van der Waals surface area contributed by atoms with Crippen molar-refractivity contribution >= 4 is 17.5 Å². The van der Waals surface area contributed by atoms with Crippen molar-refractivity contribution in [2.45, 2.75) is 24.3 Å². The fraction of sp³-hybridized carbons (Fsp3) is 0.391. The van der Waals surface area contributed by atoms with E-state index in [4.69, 9.17) is 0 Å². The van der Waals surface area contributed by atoms with E-state index in [1.165, 1.54) is 12.1 Å². The lowest BCUT2D eigenvalue weighted by Gasteiger charge is -2.37. The van der Waals surface area contributed by atoms with Crippen molar-refractivity contribution in [3.63, 3.8) is 0 Å². The predicted octanol–water partition coefficient (Wildman–Crippen LogP) is 1.68. The maximum atomic E-state index is 13.1. The van der Waals surface area contributed by atoms with Gasteiger partial charge in [-0.05, 0) is 42.7 Å². The molecule has 2 N–H and O–H groups in total. The molecule has 2 aliphatic rings. The zero-order valence-electron chi connectivity index (χ0n) is 16.8. The highest BCUT2D eigenvalue weighted by molar-refractivity contribution is 5.95. The molecule has 2 aromatic carbocycles. The second-order valence-corrected chi connectivity index (χ2v) is 7.95. The first kappa shape index (κ1) is 20.3. The average molecular weight is 411 g/mol. The predicted molar refractivity (Wildman–Crippen MR) is 112 cm³/mol. The molecule has 0 aromatic heterocycles.